The predicted molar refractivity (Wildman–Crippen MR) is 91.8 cm³/mol. The Morgan fingerprint density at radius 3 is 2.83 bits per heavy atom. The van der Waals surface area contributed by atoms with Crippen molar-refractivity contribution >= 4 is 16.6 Å². The molecular weight excluding hydrogens is 286 g/mol. The fraction of sp³-hybridized carbons (Fsp3) is 0.263. The molecule has 3 heterocycles. The number of ether oxygens (including phenoxy) is 1. The first-order chi connectivity index (χ1) is 11.4. The lowest BCUT2D eigenvalue weighted by Gasteiger charge is -2.20. The maximum absolute atomic E-state index is 5.88. The third kappa shape index (κ3) is 2.97. The molecule has 1 aliphatic heterocycles. The molecule has 2 aromatic heterocycles. The van der Waals surface area contributed by atoms with Gasteiger partial charge in [0.2, 0.25) is 0 Å². The van der Waals surface area contributed by atoms with Crippen molar-refractivity contribution in [1.29, 1.82) is 0 Å². The van der Waals surface area contributed by atoms with Gasteiger partial charge in [-0.1, -0.05) is 18.2 Å². The molecule has 1 unspecified atom stereocenters. The van der Waals surface area contributed by atoms with E-state index in [1.165, 1.54) is 11.1 Å². The zero-order chi connectivity index (χ0) is 15.5. The average Bonchev–Trinajstić information content (AvgIpc) is 3.09. The molecule has 0 amide bonds. The molecule has 1 fully saturated rings. The van der Waals surface area contributed by atoms with Crippen molar-refractivity contribution < 1.29 is 4.74 Å². The van der Waals surface area contributed by atoms with Crippen molar-refractivity contribution in [2.75, 3.05) is 24.6 Å². The van der Waals surface area contributed by atoms with Crippen molar-refractivity contribution in [3.05, 3.63) is 61.1 Å². The Hall–Kier alpha value is -2.62. The van der Waals surface area contributed by atoms with Crippen molar-refractivity contribution in [2.45, 2.75) is 6.42 Å². The number of anilines is 1. The normalized spacial score (nSPS) is 17.6. The van der Waals surface area contributed by atoms with E-state index in [4.69, 9.17) is 4.74 Å². The van der Waals surface area contributed by atoms with Crippen LogP contribution in [0.3, 0.4) is 0 Å². The third-order valence-corrected chi connectivity index (χ3v) is 4.39. The molecule has 4 heteroatoms. The SMILES string of the molecule is c1ccc2c(N3CCC(COc4ccncc4)C3)ccnc2c1. The fourth-order valence-electron chi connectivity index (χ4n) is 3.19. The van der Waals surface area contributed by atoms with Gasteiger partial charge in [-0.2, -0.15) is 0 Å². The molecule has 0 radical (unpaired) electrons. The molecule has 0 aliphatic carbocycles. The van der Waals surface area contributed by atoms with Crippen molar-refractivity contribution in [3.8, 4) is 5.75 Å². The van der Waals surface area contributed by atoms with E-state index >= 15 is 0 Å². The first kappa shape index (κ1) is 14.0. The van der Waals surface area contributed by atoms with Crippen LogP contribution in [-0.4, -0.2) is 29.7 Å². The predicted octanol–water partition coefficient (Wildman–Crippen LogP) is 3.54. The van der Waals surface area contributed by atoms with E-state index in [0.717, 1.165) is 37.4 Å². The molecule has 23 heavy (non-hydrogen) atoms. The summed E-state index contributed by atoms with van der Waals surface area (Å²) in [6.07, 6.45) is 6.58. The fourth-order valence-corrected chi connectivity index (χ4v) is 3.19. The summed E-state index contributed by atoms with van der Waals surface area (Å²) in [5, 5.41) is 1.23. The van der Waals surface area contributed by atoms with Crippen LogP contribution in [0.2, 0.25) is 0 Å². The summed E-state index contributed by atoms with van der Waals surface area (Å²) in [5.74, 6) is 1.45. The molecule has 0 spiro atoms. The van der Waals surface area contributed by atoms with Gasteiger partial charge in [0.25, 0.3) is 0 Å². The van der Waals surface area contributed by atoms with Crippen LogP contribution in [0.15, 0.2) is 61.1 Å². The number of aromatic nitrogens is 2. The molecule has 1 aliphatic rings. The van der Waals surface area contributed by atoms with Gasteiger partial charge in [-0.3, -0.25) is 9.97 Å². The molecule has 4 nitrogen and oxygen atoms in total. The molecule has 0 bridgehead atoms. The van der Waals surface area contributed by atoms with Crippen molar-refractivity contribution in [1.82, 2.24) is 9.97 Å². The molecule has 0 saturated carbocycles. The summed E-state index contributed by atoms with van der Waals surface area (Å²) in [7, 11) is 0. The van der Waals surface area contributed by atoms with Crippen LogP contribution in [0.1, 0.15) is 6.42 Å². The minimum Gasteiger partial charge on any atom is -0.493 e. The zero-order valence-corrected chi connectivity index (χ0v) is 12.9. The monoisotopic (exact) mass is 305 g/mol. The smallest absolute Gasteiger partial charge is 0.122 e. The lowest BCUT2D eigenvalue weighted by molar-refractivity contribution is 0.261. The lowest BCUT2D eigenvalue weighted by Crippen LogP contribution is -2.22. The van der Waals surface area contributed by atoms with Crippen molar-refractivity contribution in [3.63, 3.8) is 0 Å². The molecule has 116 valence electrons. The Kier molecular flexibility index (Phi) is 3.80. The molecule has 0 N–H and O–H groups in total. The lowest BCUT2D eigenvalue weighted by atomic mass is 10.1. The van der Waals surface area contributed by atoms with E-state index in [1.807, 2.05) is 24.4 Å². The van der Waals surface area contributed by atoms with Gasteiger partial charge < -0.3 is 9.64 Å². The highest BCUT2D eigenvalue weighted by Gasteiger charge is 2.24. The minimum atomic E-state index is 0.551. The first-order valence-electron chi connectivity index (χ1n) is 8.02. The Morgan fingerprint density at radius 1 is 1.04 bits per heavy atom. The van der Waals surface area contributed by atoms with Crippen LogP contribution in [0.4, 0.5) is 5.69 Å². The number of hydrogen-bond donors (Lipinski definition) is 0. The highest BCUT2D eigenvalue weighted by molar-refractivity contribution is 5.91. The van der Waals surface area contributed by atoms with E-state index in [0.29, 0.717) is 5.92 Å². The van der Waals surface area contributed by atoms with Gasteiger partial charge in [0, 0.05) is 48.7 Å². The van der Waals surface area contributed by atoms with E-state index in [9.17, 15) is 0 Å². The molecule has 1 saturated heterocycles. The van der Waals surface area contributed by atoms with E-state index in [-0.39, 0.29) is 0 Å². The average molecular weight is 305 g/mol. The number of pyridine rings is 2. The highest BCUT2D eigenvalue weighted by Crippen LogP contribution is 2.30. The topological polar surface area (TPSA) is 38.2 Å². The van der Waals surface area contributed by atoms with Crippen LogP contribution in [0, 0.1) is 5.92 Å². The summed E-state index contributed by atoms with van der Waals surface area (Å²) < 4.78 is 5.88. The van der Waals surface area contributed by atoms with Gasteiger partial charge in [0.05, 0.1) is 12.1 Å². The second kappa shape index (κ2) is 6.24. The van der Waals surface area contributed by atoms with Crippen LogP contribution < -0.4 is 9.64 Å². The number of rotatable bonds is 4. The standard InChI is InChI=1S/C19H19N3O/c1-2-4-18-17(3-1)19(7-11-21-18)22-12-8-15(13-22)14-23-16-5-9-20-10-6-16/h1-7,9-11,15H,8,12-14H2. The van der Waals surface area contributed by atoms with Crippen LogP contribution in [-0.2, 0) is 0 Å². The van der Waals surface area contributed by atoms with Gasteiger partial charge in [-0.25, -0.2) is 0 Å². The summed E-state index contributed by atoms with van der Waals surface area (Å²) in [5.41, 5.74) is 2.34. The summed E-state index contributed by atoms with van der Waals surface area (Å²) in [4.78, 5) is 10.9. The first-order valence-corrected chi connectivity index (χ1v) is 8.02. The van der Waals surface area contributed by atoms with E-state index in [1.54, 1.807) is 12.4 Å². The number of nitrogens with zero attached hydrogens (tertiary/aromatic N) is 3. The molecule has 4 rings (SSSR count). The van der Waals surface area contributed by atoms with Gasteiger partial charge in [0.1, 0.15) is 5.75 Å². The Bertz CT molecular complexity index is 785. The van der Waals surface area contributed by atoms with Gasteiger partial charge >= 0.3 is 0 Å². The summed E-state index contributed by atoms with van der Waals surface area (Å²) in [6.45, 7) is 2.85. The molecule has 3 aromatic rings. The molecule has 1 atom stereocenters. The van der Waals surface area contributed by atoms with Crippen molar-refractivity contribution in [2.24, 2.45) is 5.92 Å². The van der Waals surface area contributed by atoms with E-state index < -0.39 is 0 Å². The maximum atomic E-state index is 5.88. The summed E-state index contributed by atoms with van der Waals surface area (Å²) in [6, 6.07) is 14.3. The number of hydrogen-bond acceptors (Lipinski definition) is 4. The van der Waals surface area contributed by atoms with E-state index in [2.05, 4.69) is 39.1 Å². The van der Waals surface area contributed by atoms with Crippen LogP contribution in [0.25, 0.3) is 10.9 Å². The number of benzene rings is 1. The van der Waals surface area contributed by atoms with Gasteiger partial charge in [0.15, 0.2) is 0 Å². The second-order valence-electron chi connectivity index (χ2n) is 5.94. The Morgan fingerprint density at radius 2 is 1.91 bits per heavy atom. The van der Waals surface area contributed by atoms with Crippen LogP contribution >= 0.6 is 0 Å². The second-order valence-corrected chi connectivity index (χ2v) is 5.94. The van der Waals surface area contributed by atoms with Gasteiger partial charge in [-0.05, 0) is 30.7 Å². The minimum absolute atomic E-state index is 0.551. The molecule has 1 aromatic carbocycles. The largest absolute Gasteiger partial charge is 0.493 e. The Labute approximate surface area is 135 Å². The van der Waals surface area contributed by atoms with Crippen LogP contribution in [0.5, 0.6) is 5.75 Å². The quantitative estimate of drug-likeness (QED) is 0.739. The number of para-hydroxylation sites is 1. The highest BCUT2D eigenvalue weighted by atomic mass is 16.5. The number of fused-ring (bicyclic) bond motifs is 1. The zero-order valence-electron chi connectivity index (χ0n) is 12.9. The van der Waals surface area contributed by atoms with Gasteiger partial charge in [-0.15, -0.1) is 0 Å². The Balaban J connectivity index is 1.45. The maximum Gasteiger partial charge on any atom is 0.122 e. The summed E-state index contributed by atoms with van der Waals surface area (Å²) >= 11 is 0. The third-order valence-electron chi connectivity index (χ3n) is 4.39. The molecular formula is C19H19N3O.